The van der Waals surface area contributed by atoms with E-state index in [9.17, 15) is 5.26 Å². The molecule has 0 unspecified atom stereocenters. The van der Waals surface area contributed by atoms with Crippen molar-refractivity contribution < 1.29 is 0 Å². The second-order valence-electron chi connectivity index (χ2n) is 20.7. The molecule has 0 aliphatic rings. The van der Waals surface area contributed by atoms with Gasteiger partial charge in [-0.2, -0.15) is 5.26 Å². The second kappa shape index (κ2) is 20.2. The van der Waals surface area contributed by atoms with Crippen LogP contribution in [0.5, 0.6) is 0 Å². The minimum atomic E-state index is 0.539. The Hall–Kier alpha value is -11.3. The molecule has 15 rings (SSSR count). The molecular formula is C76H48N6. The predicted octanol–water partition coefficient (Wildman–Crippen LogP) is 19.3. The summed E-state index contributed by atoms with van der Waals surface area (Å²) in [5, 5.41) is 15.3. The van der Waals surface area contributed by atoms with Crippen LogP contribution in [-0.4, -0.2) is 24.1 Å². The molecule has 0 saturated carbocycles. The highest BCUT2D eigenvalue weighted by Gasteiger charge is 2.24. The van der Waals surface area contributed by atoms with Crippen molar-refractivity contribution in [3.05, 3.63) is 297 Å². The monoisotopic (exact) mass is 1040 g/mol. The summed E-state index contributed by atoms with van der Waals surface area (Å²) in [4.78, 5) is 15.6. The lowest BCUT2D eigenvalue weighted by Gasteiger charge is -2.20. The molecule has 82 heavy (non-hydrogen) atoms. The minimum Gasteiger partial charge on any atom is -0.309 e. The third-order valence-electron chi connectivity index (χ3n) is 15.8. The van der Waals surface area contributed by atoms with Crippen LogP contribution in [0, 0.1) is 11.3 Å². The molecule has 0 spiro atoms. The summed E-state index contributed by atoms with van der Waals surface area (Å²) in [6.07, 6.45) is 0. The second-order valence-corrected chi connectivity index (χ2v) is 20.7. The summed E-state index contributed by atoms with van der Waals surface area (Å²) < 4.78 is 4.77. The number of rotatable bonds is 10. The van der Waals surface area contributed by atoms with Gasteiger partial charge in [-0.05, 0) is 123 Å². The lowest BCUT2D eigenvalue weighted by molar-refractivity contribution is 1.07. The SMILES string of the molecule is N#Cc1ccc(-c2cc(-c3nc(-c4ccccc4)nc(-c4ccccc4)n3)ccc2-n2c3ccc(-c4ccccc4)cc3c3cc(-c4ccccc4)ccc32)c(-n2c3ccc(-c4ccccc4)cc3c3cc(-c4ccccc4)ccc32)c1. The lowest BCUT2D eigenvalue weighted by Crippen LogP contribution is -2.04. The van der Waals surface area contributed by atoms with E-state index in [4.69, 9.17) is 15.0 Å². The third-order valence-corrected chi connectivity index (χ3v) is 15.8. The molecule has 0 saturated heterocycles. The van der Waals surface area contributed by atoms with Crippen molar-refractivity contribution in [2.24, 2.45) is 0 Å². The van der Waals surface area contributed by atoms with Crippen molar-refractivity contribution in [2.45, 2.75) is 0 Å². The summed E-state index contributed by atoms with van der Waals surface area (Å²) in [6.45, 7) is 0. The maximum atomic E-state index is 10.9. The first-order valence-corrected chi connectivity index (χ1v) is 27.5. The number of fused-ring (bicyclic) bond motifs is 6. The molecule has 3 aromatic heterocycles. The highest BCUT2D eigenvalue weighted by atomic mass is 15.0. The topological polar surface area (TPSA) is 72.3 Å². The minimum absolute atomic E-state index is 0.539. The van der Waals surface area contributed by atoms with E-state index in [0.717, 1.165) is 127 Å². The molecule has 0 amide bonds. The van der Waals surface area contributed by atoms with Crippen LogP contribution in [0.2, 0.25) is 0 Å². The van der Waals surface area contributed by atoms with Gasteiger partial charge < -0.3 is 9.13 Å². The van der Waals surface area contributed by atoms with Gasteiger partial charge in [0.15, 0.2) is 17.5 Å². The Labute approximate surface area is 474 Å². The number of nitriles is 1. The first kappa shape index (κ1) is 47.9. The standard InChI is InChI=1S/C76H48N6/c77-49-50-31-37-62(73(43-50)82-71-40-34-59(53-23-11-3-12-24-53)46-66(71)67-47-60(35-41-72(67)82)54-25-13-4-14-26-54)63-48-61(76-79-74(55-27-15-5-16-28-55)78-75(80-76)56-29-17-6-18-30-56)36-42-68(63)81-69-38-32-57(51-19-7-1-8-20-51)44-64(69)65-45-58(33-39-70(65)81)52-21-9-2-10-22-52/h1-48H. The number of nitrogens with zero attached hydrogens (tertiary/aromatic N) is 6. The highest BCUT2D eigenvalue weighted by molar-refractivity contribution is 6.14. The van der Waals surface area contributed by atoms with Crippen LogP contribution in [0.1, 0.15) is 5.56 Å². The van der Waals surface area contributed by atoms with E-state index >= 15 is 0 Å². The van der Waals surface area contributed by atoms with E-state index in [1.54, 1.807) is 0 Å². The first-order valence-electron chi connectivity index (χ1n) is 27.5. The van der Waals surface area contributed by atoms with E-state index in [1.165, 1.54) is 0 Å². The van der Waals surface area contributed by atoms with Crippen molar-refractivity contribution >= 4 is 43.6 Å². The normalized spacial score (nSPS) is 11.4. The van der Waals surface area contributed by atoms with E-state index in [-0.39, 0.29) is 0 Å². The summed E-state index contributed by atoms with van der Waals surface area (Å²) in [5.74, 6) is 1.70. The fourth-order valence-corrected chi connectivity index (χ4v) is 11.8. The predicted molar refractivity (Wildman–Crippen MR) is 337 cm³/mol. The quantitative estimate of drug-likeness (QED) is 0.137. The number of benzene rings is 12. The van der Waals surface area contributed by atoms with Gasteiger partial charge in [0.25, 0.3) is 0 Å². The Morgan fingerprint density at radius 1 is 0.244 bits per heavy atom. The third kappa shape index (κ3) is 8.49. The van der Waals surface area contributed by atoms with Gasteiger partial charge in [-0.25, -0.2) is 15.0 Å². The zero-order valence-corrected chi connectivity index (χ0v) is 44.4. The Balaban J connectivity index is 1.04. The van der Waals surface area contributed by atoms with Gasteiger partial charge in [-0.3, -0.25) is 0 Å². The Morgan fingerprint density at radius 3 is 0.915 bits per heavy atom. The molecule has 0 bridgehead atoms. The molecule has 0 radical (unpaired) electrons. The van der Waals surface area contributed by atoms with Gasteiger partial charge in [0, 0.05) is 49.4 Å². The molecule has 382 valence electrons. The van der Waals surface area contributed by atoms with E-state index in [1.807, 2.05) is 66.7 Å². The maximum Gasteiger partial charge on any atom is 0.164 e. The van der Waals surface area contributed by atoms with Gasteiger partial charge in [-0.15, -0.1) is 0 Å². The van der Waals surface area contributed by atoms with Gasteiger partial charge in [0.1, 0.15) is 0 Å². The van der Waals surface area contributed by atoms with Crippen molar-refractivity contribution in [3.63, 3.8) is 0 Å². The fourth-order valence-electron chi connectivity index (χ4n) is 11.8. The lowest BCUT2D eigenvalue weighted by atomic mass is 9.96. The van der Waals surface area contributed by atoms with Gasteiger partial charge in [0.2, 0.25) is 0 Å². The molecule has 0 aliphatic heterocycles. The first-order chi connectivity index (χ1) is 40.6. The average molecular weight is 1050 g/mol. The molecule has 6 heteroatoms. The smallest absolute Gasteiger partial charge is 0.164 e. The number of hydrogen-bond acceptors (Lipinski definition) is 4. The molecule has 0 fully saturated rings. The summed E-state index contributed by atoms with van der Waals surface area (Å²) in [5.41, 5.74) is 20.0. The van der Waals surface area contributed by atoms with Crippen molar-refractivity contribution in [1.82, 2.24) is 24.1 Å². The molecule has 6 nitrogen and oxygen atoms in total. The van der Waals surface area contributed by atoms with Gasteiger partial charge in [0.05, 0.1) is 45.1 Å². The number of aromatic nitrogens is 5. The van der Waals surface area contributed by atoms with Crippen LogP contribution < -0.4 is 0 Å². The van der Waals surface area contributed by atoms with Gasteiger partial charge >= 0.3 is 0 Å². The van der Waals surface area contributed by atoms with Crippen molar-refractivity contribution in [1.29, 1.82) is 5.26 Å². The van der Waals surface area contributed by atoms with Crippen molar-refractivity contribution in [3.8, 4) is 107 Å². The highest BCUT2D eigenvalue weighted by Crippen LogP contribution is 2.45. The summed E-state index contributed by atoms with van der Waals surface area (Å²) >= 11 is 0. The van der Waals surface area contributed by atoms with E-state index in [2.05, 4.69) is 240 Å². The van der Waals surface area contributed by atoms with Crippen molar-refractivity contribution in [2.75, 3.05) is 0 Å². The number of hydrogen-bond donors (Lipinski definition) is 0. The van der Waals surface area contributed by atoms with Crippen LogP contribution in [-0.2, 0) is 0 Å². The zero-order chi connectivity index (χ0) is 54.5. The largest absolute Gasteiger partial charge is 0.309 e. The molecule has 0 atom stereocenters. The Morgan fingerprint density at radius 2 is 0.561 bits per heavy atom. The van der Waals surface area contributed by atoms with Crippen LogP contribution in [0.4, 0.5) is 0 Å². The molecule has 0 aliphatic carbocycles. The molecular weight excluding hydrogens is 997 g/mol. The summed E-state index contributed by atoms with van der Waals surface area (Å²) in [6, 6.07) is 105. The maximum absolute atomic E-state index is 10.9. The Bertz CT molecular complexity index is 4700. The Kier molecular flexibility index (Phi) is 11.8. The molecule has 3 heterocycles. The van der Waals surface area contributed by atoms with E-state index in [0.29, 0.717) is 23.0 Å². The molecule has 15 aromatic rings. The van der Waals surface area contributed by atoms with Crippen LogP contribution in [0.3, 0.4) is 0 Å². The van der Waals surface area contributed by atoms with Crippen LogP contribution >= 0.6 is 0 Å². The fraction of sp³-hybridized carbons (Fsp3) is 0. The van der Waals surface area contributed by atoms with Gasteiger partial charge in [-0.1, -0.05) is 212 Å². The molecule has 0 N–H and O–H groups in total. The van der Waals surface area contributed by atoms with Crippen LogP contribution in [0.15, 0.2) is 291 Å². The zero-order valence-electron chi connectivity index (χ0n) is 44.4. The summed E-state index contributed by atoms with van der Waals surface area (Å²) in [7, 11) is 0. The van der Waals surface area contributed by atoms with E-state index < -0.39 is 0 Å². The molecule has 12 aromatic carbocycles. The van der Waals surface area contributed by atoms with Crippen LogP contribution in [0.25, 0.3) is 145 Å². The average Bonchev–Trinajstić information content (AvgIpc) is 3.58.